The molecule has 0 radical (unpaired) electrons. The first kappa shape index (κ1) is 13.3. The molecule has 6 heteroatoms. The van der Waals surface area contributed by atoms with Crippen molar-refractivity contribution in [3.63, 3.8) is 0 Å². The lowest BCUT2D eigenvalue weighted by molar-refractivity contribution is 0.122. The Morgan fingerprint density at radius 2 is 2.28 bits per heavy atom. The van der Waals surface area contributed by atoms with Crippen molar-refractivity contribution in [2.45, 2.75) is 13.0 Å². The zero-order valence-electron chi connectivity index (χ0n) is 9.73. The molecule has 18 heavy (non-hydrogen) atoms. The van der Waals surface area contributed by atoms with E-state index in [9.17, 15) is 0 Å². The van der Waals surface area contributed by atoms with E-state index < -0.39 is 0 Å². The van der Waals surface area contributed by atoms with Gasteiger partial charge in [-0.1, -0.05) is 17.7 Å². The van der Waals surface area contributed by atoms with E-state index >= 15 is 0 Å². The minimum absolute atomic E-state index is 0.389. The van der Waals surface area contributed by atoms with E-state index in [2.05, 4.69) is 21.9 Å². The van der Waals surface area contributed by atoms with Crippen LogP contribution in [-0.2, 0) is 17.8 Å². The summed E-state index contributed by atoms with van der Waals surface area (Å²) in [4.78, 5) is 5.55. The maximum Gasteiger partial charge on any atom is 0.140 e. The number of aromatic nitrogens is 1. The van der Waals surface area contributed by atoms with Crippen LogP contribution in [0.2, 0.25) is 5.02 Å². The van der Waals surface area contributed by atoms with Crippen LogP contribution < -0.4 is 11.3 Å². The molecule has 96 valence electrons. The molecule has 0 spiro atoms. The lowest BCUT2D eigenvalue weighted by Gasteiger charge is -2.07. The van der Waals surface area contributed by atoms with Crippen molar-refractivity contribution in [3.8, 4) is 0 Å². The van der Waals surface area contributed by atoms with Gasteiger partial charge in [0.1, 0.15) is 5.82 Å². The first-order valence-corrected chi connectivity index (χ1v) is 6.77. The number of pyridine rings is 1. The van der Waals surface area contributed by atoms with Gasteiger partial charge in [-0.15, -0.1) is 11.3 Å². The van der Waals surface area contributed by atoms with Crippen molar-refractivity contribution in [2.75, 3.05) is 12.0 Å². The summed E-state index contributed by atoms with van der Waals surface area (Å²) in [5.41, 5.74) is 3.18. The second kappa shape index (κ2) is 6.70. The summed E-state index contributed by atoms with van der Waals surface area (Å²) in [6.45, 7) is 1.04. The number of hydrogen-bond donors (Lipinski definition) is 2. The van der Waals surface area contributed by atoms with Crippen LogP contribution in [0.15, 0.2) is 29.6 Å². The number of thiophene rings is 1. The molecule has 2 aromatic rings. The molecule has 0 aliphatic heterocycles. The molecular formula is C12H14ClN3OS. The average molecular weight is 284 g/mol. The third kappa shape index (κ3) is 3.68. The summed E-state index contributed by atoms with van der Waals surface area (Å²) >= 11 is 7.75. The molecule has 0 amide bonds. The van der Waals surface area contributed by atoms with E-state index in [0.29, 0.717) is 29.7 Å². The van der Waals surface area contributed by atoms with Crippen LogP contribution >= 0.6 is 22.9 Å². The van der Waals surface area contributed by atoms with Crippen LogP contribution in [0.1, 0.15) is 10.6 Å². The molecule has 4 nitrogen and oxygen atoms in total. The monoisotopic (exact) mass is 283 g/mol. The van der Waals surface area contributed by atoms with Crippen molar-refractivity contribution in [3.05, 3.63) is 45.2 Å². The number of nitrogens with zero attached hydrogens (tertiary/aromatic N) is 1. The molecule has 0 saturated carbocycles. The van der Waals surface area contributed by atoms with Gasteiger partial charge in [-0.2, -0.15) is 0 Å². The van der Waals surface area contributed by atoms with Crippen LogP contribution in [0.25, 0.3) is 0 Å². The minimum Gasteiger partial charge on any atom is -0.375 e. The van der Waals surface area contributed by atoms with Crippen LogP contribution in [0.5, 0.6) is 0 Å². The molecular weight excluding hydrogens is 270 g/mol. The van der Waals surface area contributed by atoms with Gasteiger partial charge in [0.05, 0.1) is 23.9 Å². The highest BCUT2D eigenvalue weighted by Gasteiger charge is 2.04. The van der Waals surface area contributed by atoms with Crippen molar-refractivity contribution in [2.24, 2.45) is 5.84 Å². The molecule has 0 atom stereocenters. The first-order chi connectivity index (χ1) is 8.79. The molecule has 2 rings (SSSR count). The van der Waals surface area contributed by atoms with E-state index in [-0.39, 0.29) is 0 Å². The van der Waals surface area contributed by atoms with Gasteiger partial charge in [0.25, 0.3) is 0 Å². The molecule has 0 aliphatic rings. The van der Waals surface area contributed by atoms with Crippen molar-refractivity contribution < 1.29 is 4.74 Å². The summed E-state index contributed by atoms with van der Waals surface area (Å²) in [5, 5.41) is 2.65. The predicted octanol–water partition coefficient (Wildman–Crippen LogP) is 2.84. The fourth-order valence-electron chi connectivity index (χ4n) is 1.46. The summed E-state index contributed by atoms with van der Waals surface area (Å²) in [7, 11) is 0. The fraction of sp³-hybridized carbons (Fsp3) is 0.250. The molecule has 2 aromatic heterocycles. The number of halogens is 1. The average Bonchev–Trinajstić information content (AvgIpc) is 2.89. The predicted molar refractivity (Wildman–Crippen MR) is 74.7 cm³/mol. The number of rotatable bonds is 6. The van der Waals surface area contributed by atoms with Gasteiger partial charge in [0.15, 0.2) is 0 Å². The van der Waals surface area contributed by atoms with E-state index in [1.54, 1.807) is 23.5 Å². The lowest BCUT2D eigenvalue weighted by atomic mass is 10.3. The summed E-state index contributed by atoms with van der Waals surface area (Å²) < 4.78 is 5.56. The van der Waals surface area contributed by atoms with Crippen LogP contribution in [-0.4, -0.2) is 11.6 Å². The summed E-state index contributed by atoms with van der Waals surface area (Å²) in [5.74, 6) is 5.87. The van der Waals surface area contributed by atoms with E-state index in [1.807, 2.05) is 6.07 Å². The first-order valence-electron chi connectivity index (χ1n) is 5.52. The lowest BCUT2D eigenvalue weighted by Crippen LogP contribution is -2.10. The third-order valence-corrected chi connectivity index (χ3v) is 3.66. The molecule has 0 fully saturated rings. The minimum atomic E-state index is 0.389. The number of nitrogen functional groups attached to an aromatic ring is 1. The van der Waals surface area contributed by atoms with E-state index in [1.165, 1.54) is 4.88 Å². The Bertz CT molecular complexity index is 490. The number of ether oxygens (including phenoxy) is 1. The van der Waals surface area contributed by atoms with E-state index in [4.69, 9.17) is 22.2 Å². The molecule has 0 saturated heterocycles. The summed E-state index contributed by atoms with van der Waals surface area (Å²) in [6.07, 6.45) is 0.907. The maximum absolute atomic E-state index is 6.02. The third-order valence-electron chi connectivity index (χ3n) is 2.38. The molecule has 0 aliphatic carbocycles. The smallest absolute Gasteiger partial charge is 0.140 e. The molecule has 0 aromatic carbocycles. The molecule has 2 heterocycles. The van der Waals surface area contributed by atoms with Gasteiger partial charge in [0.2, 0.25) is 0 Å². The Kier molecular flexibility index (Phi) is 4.95. The molecule has 3 N–H and O–H groups in total. The Labute approximate surface area is 115 Å². The topological polar surface area (TPSA) is 60.2 Å². The quantitative estimate of drug-likeness (QED) is 0.486. The van der Waals surface area contributed by atoms with Gasteiger partial charge >= 0.3 is 0 Å². The molecule has 0 unspecified atom stereocenters. The zero-order valence-corrected chi connectivity index (χ0v) is 11.3. The number of nitrogens with two attached hydrogens (primary N) is 1. The zero-order chi connectivity index (χ0) is 12.8. The number of anilines is 1. The van der Waals surface area contributed by atoms with Gasteiger partial charge in [-0.25, -0.2) is 10.8 Å². The van der Waals surface area contributed by atoms with Gasteiger partial charge in [0, 0.05) is 11.3 Å². The van der Waals surface area contributed by atoms with E-state index in [0.717, 1.165) is 6.42 Å². The number of hydrazine groups is 1. The number of nitrogens with one attached hydrogen (secondary N) is 1. The second-order valence-corrected chi connectivity index (χ2v) is 5.09. The SMILES string of the molecule is NNc1ccc(Cl)c(COCCc2cccs2)n1. The van der Waals surface area contributed by atoms with Gasteiger partial charge < -0.3 is 10.2 Å². The maximum atomic E-state index is 6.02. The Balaban J connectivity index is 1.82. The number of hydrogen-bond acceptors (Lipinski definition) is 5. The van der Waals surface area contributed by atoms with Crippen molar-refractivity contribution >= 4 is 28.8 Å². The van der Waals surface area contributed by atoms with Gasteiger partial charge in [-0.05, 0) is 23.6 Å². The van der Waals surface area contributed by atoms with Crippen molar-refractivity contribution in [1.29, 1.82) is 0 Å². The Hall–Kier alpha value is -1.14. The van der Waals surface area contributed by atoms with Gasteiger partial charge in [-0.3, -0.25) is 0 Å². The highest BCUT2D eigenvalue weighted by atomic mass is 35.5. The normalized spacial score (nSPS) is 10.6. The largest absolute Gasteiger partial charge is 0.375 e. The standard InChI is InChI=1S/C12H14ClN3OS/c13-10-3-4-12(16-14)15-11(10)8-17-6-5-9-2-1-7-18-9/h1-4,7H,5-6,8,14H2,(H,15,16). The highest BCUT2D eigenvalue weighted by molar-refractivity contribution is 7.09. The highest BCUT2D eigenvalue weighted by Crippen LogP contribution is 2.17. The Morgan fingerprint density at radius 1 is 1.39 bits per heavy atom. The molecule has 0 bridgehead atoms. The van der Waals surface area contributed by atoms with Crippen LogP contribution in [0, 0.1) is 0 Å². The second-order valence-electron chi connectivity index (χ2n) is 3.65. The fourth-order valence-corrected chi connectivity index (χ4v) is 2.31. The van der Waals surface area contributed by atoms with Crippen LogP contribution in [0.3, 0.4) is 0 Å². The van der Waals surface area contributed by atoms with Crippen LogP contribution in [0.4, 0.5) is 5.82 Å². The Morgan fingerprint density at radius 3 is 3.00 bits per heavy atom. The van der Waals surface area contributed by atoms with Crippen molar-refractivity contribution in [1.82, 2.24) is 4.98 Å². The summed E-state index contributed by atoms with van der Waals surface area (Å²) in [6, 6.07) is 7.60.